The van der Waals surface area contributed by atoms with Gasteiger partial charge < -0.3 is 0 Å². The van der Waals surface area contributed by atoms with Gasteiger partial charge in [0.2, 0.25) is 0 Å². The molecular weight excluding hydrogens is 180 g/mol. The minimum absolute atomic E-state index is 0.207. The molecule has 1 radical (unpaired) electrons. The largest absolute Gasteiger partial charge is 0.300 e. The number of hydrogen-bond acceptors (Lipinski definition) is 2. The lowest BCUT2D eigenvalue weighted by atomic mass is 10.1. The number of benzene rings is 1. The molecular formula is C11H9OS. The molecule has 0 N–H and O–H groups in total. The molecule has 0 aliphatic rings. The van der Waals surface area contributed by atoms with Gasteiger partial charge in [-0.2, -0.15) is 0 Å². The average Bonchev–Trinajstić information content (AvgIpc) is 2.49. The molecule has 0 aliphatic heterocycles. The molecule has 0 saturated heterocycles. The van der Waals surface area contributed by atoms with Crippen LogP contribution in [0.15, 0.2) is 24.3 Å². The van der Waals surface area contributed by atoms with E-state index in [2.05, 4.69) is 17.5 Å². The fraction of sp³-hybridized carbons (Fsp3) is 0.182. The van der Waals surface area contributed by atoms with Gasteiger partial charge in [0.15, 0.2) is 0 Å². The van der Waals surface area contributed by atoms with Gasteiger partial charge in [0.05, 0.1) is 0 Å². The zero-order chi connectivity index (χ0) is 9.26. The van der Waals surface area contributed by atoms with E-state index in [1.165, 1.54) is 10.1 Å². The third-order valence-electron chi connectivity index (χ3n) is 1.91. The van der Waals surface area contributed by atoms with Crippen LogP contribution in [0.3, 0.4) is 0 Å². The Hall–Kier alpha value is -1.15. The minimum atomic E-state index is 0.207. The first-order valence-corrected chi connectivity index (χ1v) is 4.95. The van der Waals surface area contributed by atoms with Crippen LogP contribution < -0.4 is 0 Å². The molecule has 0 aliphatic carbocycles. The van der Waals surface area contributed by atoms with E-state index >= 15 is 0 Å². The van der Waals surface area contributed by atoms with Gasteiger partial charge in [-0.3, -0.25) is 4.79 Å². The van der Waals surface area contributed by atoms with Crippen molar-refractivity contribution >= 4 is 27.2 Å². The Morgan fingerprint density at radius 2 is 2.38 bits per heavy atom. The molecule has 0 bridgehead atoms. The van der Waals surface area contributed by atoms with Gasteiger partial charge in [-0.15, -0.1) is 11.3 Å². The number of carbonyl (C=O) groups is 1. The van der Waals surface area contributed by atoms with Crippen LogP contribution in [0.25, 0.3) is 10.1 Å². The monoisotopic (exact) mass is 189 g/mol. The van der Waals surface area contributed by atoms with E-state index in [1.54, 1.807) is 18.3 Å². The minimum Gasteiger partial charge on any atom is -0.300 e. The van der Waals surface area contributed by atoms with E-state index in [0.29, 0.717) is 6.42 Å². The average molecular weight is 189 g/mol. The highest BCUT2D eigenvalue weighted by atomic mass is 32.1. The van der Waals surface area contributed by atoms with Crippen molar-refractivity contribution in [3.8, 4) is 0 Å². The van der Waals surface area contributed by atoms with Crippen LogP contribution in [0, 0.1) is 5.38 Å². The molecule has 65 valence electrons. The van der Waals surface area contributed by atoms with Gasteiger partial charge in [0.1, 0.15) is 5.78 Å². The maximum atomic E-state index is 10.9. The quantitative estimate of drug-likeness (QED) is 0.710. The molecule has 0 fully saturated rings. The third-order valence-corrected chi connectivity index (χ3v) is 2.74. The molecule has 1 aromatic carbocycles. The van der Waals surface area contributed by atoms with Crippen molar-refractivity contribution in [2.24, 2.45) is 0 Å². The van der Waals surface area contributed by atoms with Gasteiger partial charge in [-0.05, 0) is 36.1 Å². The van der Waals surface area contributed by atoms with Gasteiger partial charge >= 0.3 is 0 Å². The predicted octanol–water partition coefficient (Wildman–Crippen LogP) is 2.83. The Balaban J connectivity index is 2.42. The van der Waals surface area contributed by atoms with Crippen molar-refractivity contribution in [1.82, 2.24) is 0 Å². The summed E-state index contributed by atoms with van der Waals surface area (Å²) in [5, 5.41) is 4.26. The summed E-state index contributed by atoms with van der Waals surface area (Å²) in [6.45, 7) is 1.62. The maximum Gasteiger partial charge on any atom is 0.134 e. The zero-order valence-electron chi connectivity index (χ0n) is 7.33. The number of hydrogen-bond donors (Lipinski definition) is 0. The molecule has 2 rings (SSSR count). The van der Waals surface area contributed by atoms with Crippen molar-refractivity contribution in [3.63, 3.8) is 0 Å². The van der Waals surface area contributed by atoms with Crippen LogP contribution in [-0.4, -0.2) is 5.78 Å². The van der Waals surface area contributed by atoms with E-state index in [1.807, 2.05) is 12.1 Å². The highest BCUT2D eigenvalue weighted by Crippen LogP contribution is 2.21. The summed E-state index contributed by atoms with van der Waals surface area (Å²) in [4.78, 5) is 10.9. The Kier molecular flexibility index (Phi) is 2.15. The Labute approximate surface area is 81.0 Å². The molecule has 0 saturated carbocycles. The molecule has 0 atom stereocenters. The number of fused-ring (bicyclic) bond motifs is 1. The summed E-state index contributed by atoms with van der Waals surface area (Å²) in [7, 11) is 0. The van der Waals surface area contributed by atoms with E-state index < -0.39 is 0 Å². The predicted molar refractivity (Wildman–Crippen MR) is 55.0 cm³/mol. The summed E-state index contributed by atoms with van der Waals surface area (Å²) < 4.78 is 1.23. The lowest BCUT2D eigenvalue weighted by Gasteiger charge is -1.97. The lowest BCUT2D eigenvalue weighted by molar-refractivity contribution is -0.116. The molecule has 2 aromatic rings. The van der Waals surface area contributed by atoms with Crippen LogP contribution in [0.2, 0.25) is 0 Å². The first-order chi connectivity index (χ1) is 6.25. The summed E-state index contributed by atoms with van der Waals surface area (Å²) >= 11 is 1.60. The molecule has 2 heteroatoms. The van der Waals surface area contributed by atoms with E-state index in [4.69, 9.17) is 0 Å². The first-order valence-electron chi connectivity index (χ1n) is 4.13. The van der Waals surface area contributed by atoms with Gasteiger partial charge in [-0.25, -0.2) is 0 Å². The Bertz CT molecular complexity index is 442. The van der Waals surface area contributed by atoms with Crippen molar-refractivity contribution in [1.29, 1.82) is 0 Å². The van der Waals surface area contributed by atoms with Crippen molar-refractivity contribution in [2.75, 3.05) is 0 Å². The third kappa shape index (κ3) is 1.78. The standard InChI is InChI=1S/C11H9OS/c1-8(12)6-9-2-3-11-10(7-9)4-5-13-11/h2-4,7H,6H2,1H3. The molecule has 13 heavy (non-hydrogen) atoms. The van der Waals surface area contributed by atoms with Crippen molar-refractivity contribution in [2.45, 2.75) is 13.3 Å². The number of Topliss-reactive ketones (excluding diaryl/α,β-unsaturated/α-hetero) is 1. The van der Waals surface area contributed by atoms with Crippen molar-refractivity contribution in [3.05, 3.63) is 35.2 Å². The smallest absolute Gasteiger partial charge is 0.134 e. The molecule has 1 nitrogen and oxygen atoms in total. The fourth-order valence-electron chi connectivity index (χ4n) is 1.36. The van der Waals surface area contributed by atoms with Crippen LogP contribution in [0.4, 0.5) is 0 Å². The topological polar surface area (TPSA) is 17.1 Å². The lowest BCUT2D eigenvalue weighted by Crippen LogP contribution is -1.95. The fourth-order valence-corrected chi connectivity index (χ4v) is 2.04. The van der Waals surface area contributed by atoms with E-state index in [9.17, 15) is 4.79 Å². The summed E-state index contributed by atoms with van der Waals surface area (Å²) in [5.74, 6) is 0.207. The molecule has 0 unspecified atom stereocenters. The second kappa shape index (κ2) is 3.30. The SMILES string of the molecule is CC(=O)Cc1ccc2s[c]cc2c1. The van der Waals surface area contributed by atoms with Crippen molar-refractivity contribution < 1.29 is 4.79 Å². The van der Waals surface area contributed by atoms with Crippen LogP contribution in [0.5, 0.6) is 0 Å². The van der Waals surface area contributed by atoms with E-state index in [0.717, 1.165) is 5.56 Å². The Morgan fingerprint density at radius 1 is 1.54 bits per heavy atom. The Morgan fingerprint density at radius 3 is 3.15 bits per heavy atom. The number of ketones is 1. The van der Waals surface area contributed by atoms with Crippen LogP contribution in [-0.2, 0) is 11.2 Å². The molecule has 0 spiro atoms. The van der Waals surface area contributed by atoms with Gasteiger partial charge in [0.25, 0.3) is 0 Å². The highest BCUT2D eigenvalue weighted by molar-refractivity contribution is 7.16. The normalized spacial score (nSPS) is 10.5. The molecule has 1 aromatic heterocycles. The summed E-state index contributed by atoms with van der Waals surface area (Å²) in [5.41, 5.74) is 1.09. The summed E-state index contributed by atoms with van der Waals surface area (Å²) in [6, 6.07) is 8.08. The molecule has 0 amide bonds. The van der Waals surface area contributed by atoms with E-state index in [-0.39, 0.29) is 5.78 Å². The van der Waals surface area contributed by atoms with Gasteiger partial charge in [-0.1, -0.05) is 6.07 Å². The van der Waals surface area contributed by atoms with Gasteiger partial charge in [0, 0.05) is 16.5 Å². The zero-order valence-corrected chi connectivity index (χ0v) is 8.15. The second-order valence-corrected chi connectivity index (χ2v) is 3.99. The van der Waals surface area contributed by atoms with Crippen LogP contribution >= 0.6 is 11.3 Å². The second-order valence-electron chi connectivity index (χ2n) is 3.12. The first kappa shape index (κ1) is 8.45. The number of rotatable bonds is 2. The number of carbonyl (C=O) groups excluding carboxylic acids is 1. The summed E-state index contributed by atoms with van der Waals surface area (Å²) in [6.07, 6.45) is 0.534. The van der Waals surface area contributed by atoms with Crippen LogP contribution in [0.1, 0.15) is 12.5 Å². The highest BCUT2D eigenvalue weighted by Gasteiger charge is 1.99. The molecule has 1 heterocycles. The number of thiophene rings is 1. The maximum absolute atomic E-state index is 10.9.